The zero-order valence-corrected chi connectivity index (χ0v) is 27.3. The van der Waals surface area contributed by atoms with Gasteiger partial charge in [-0.3, -0.25) is 18.9 Å². The molecular weight excluding hydrogens is 654 g/mol. The van der Waals surface area contributed by atoms with Gasteiger partial charge in [0.25, 0.3) is 5.78 Å². The highest BCUT2D eigenvalue weighted by Gasteiger charge is 2.49. The number of aryl methyl sites for hydroxylation is 1. The van der Waals surface area contributed by atoms with Gasteiger partial charge < -0.3 is 9.84 Å². The molecule has 47 heavy (non-hydrogen) atoms. The highest BCUT2D eigenvalue weighted by Crippen LogP contribution is 2.45. The summed E-state index contributed by atoms with van der Waals surface area (Å²) in [5.41, 5.74) is 3.96. The first-order chi connectivity index (χ1) is 22.9. The van der Waals surface area contributed by atoms with Crippen molar-refractivity contribution < 1.29 is 19.4 Å². The van der Waals surface area contributed by atoms with Crippen LogP contribution in [0, 0.1) is 6.92 Å². The molecule has 1 aliphatic rings. The first kappa shape index (κ1) is 30.7. The van der Waals surface area contributed by atoms with Crippen molar-refractivity contribution in [1.29, 1.82) is 0 Å². The van der Waals surface area contributed by atoms with Gasteiger partial charge in [0.05, 0.1) is 17.3 Å². The molecule has 4 heterocycles. The minimum absolute atomic E-state index is 0.0745. The lowest BCUT2D eigenvalue weighted by Crippen LogP contribution is -2.29. The Bertz CT molecular complexity index is 2150. The molecule has 0 radical (unpaired) electrons. The predicted octanol–water partition coefficient (Wildman–Crippen LogP) is 7.65. The number of Topliss-reactive ketones (excluding diaryl/α,β-unsaturated/α-hetero) is 1. The molecule has 1 fully saturated rings. The number of aliphatic hydroxyl groups excluding tert-OH is 1. The van der Waals surface area contributed by atoms with E-state index in [0.717, 1.165) is 11.1 Å². The summed E-state index contributed by atoms with van der Waals surface area (Å²) >= 11 is 8.69. The van der Waals surface area contributed by atoms with E-state index in [1.165, 1.54) is 28.0 Å². The third-order valence-electron chi connectivity index (χ3n) is 7.67. The summed E-state index contributed by atoms with van der Waals surface area (Å²) in [6.07, 6.45) is 1.75. The van der Waals surface area contributed by atoms with Gasteiger partial charge >= 0.3 is 5.91 Å². The maximum Gasteiger partial charge on any atom is 0.301 e. The molecule has 6 aromatic rings. The van der Waals surface area contributed by atoms with Crippen LogP contribution in [0.2, 0.25) is 5.02 Å². The molecule has 1 atom stereocenters. The summed E-state index contributed by atoms with van der Waals surface area (Å²) in [7, 11) is 0. The molecule has 0 aliphatic carbocycles. The molecule has 7 rings (SSSR count). The number of aliphatic hydroxyl groups is 1. The Labute approximate surface area is 283 Å². The first-order valence-corrected chi connectivity index (χ1v) is 16.8. The summed E-state index contributed by atoms with van der Waals surface area (Å²) in [4.78, 5) is 33.6. The fourth-order valence-electron chi connectivity index (χ4n) is 5.47. The largest absolute Gasteiger partial charge is 0.505 e. The van der Waals surface area contributed by atoms with Crippen LogP contribution in [0.5, 0.6) is 5.75 Å². The number of carbonyl (C=O) groups is 2. The lowest BCUT2D eigenvalue weighted by atomic mass is 9.96. The maximum absolute atomic E-state index is 13.9. The van der Waals surface area contributed by atoms with Crippen molar-refractivity contribution in [2.75, 3.05) is 4.90 Å². The molecule has 1 saturated heterocycles. The molecule has 234 valence electrons. The highest BCUT2D eigenvalue weighted by molar-refractivity contribution is 8.00. The number of benzene rings is 3. The van der Waals surface area contributed by atoms with Crippen LogP contribution in [0.3, 0.4) is 0 Å². The minimum Gasteiger partial charge on any atom is -0.505 e. The number of hydrogen-bond acceptors (Lipinski definition) is 9. The number of ketones is 1. The van der Waals surface area contributed by atoms with E-state index in [9.17, 15) is 14.7 Å². The van der Waals surface area contributed by atoms with Crippen molar-refractivity contribution in [3.05, 3.63) is 142 Å². The number of fused-ring (bicyclic) bond motifs is 1. The van der Waals surface area contributed by atoms with Crippen molar-refractivity contribution in [3.63, 3.8) is 0 Å². The van der Waals surface area contributed by atoms with Crippen molar-refractivity contribution in [1.82, 2.24) is 19.6 Å². The number of ether oxygens (including phenoxy) is 1. The van der Waals surface area contributed by atoms with Gasteiger partial charge in [-0.15, -0.1) is 10.2 Å². The topological polar surface area (TPSA) is 110 Å². The number of aromatic nitrogens is 4. The van der Waals surface area contributed by atoms with Gasteiger partial charge in [-0.25, -0.2) is 4.98 Å². The Morgan fingerprint density at radius 1 is 0.957 bits per heavy atom. The van der Waals surface area contributed by atoms with Crippen LogP contribution >= 0.6 is 34.7 Å². The summed E-state index contributed by atoms with van der Waals surface area (Å²) in [6, 6.07) is 28.9. The van der Waals surface area contributed by atoms with Crippen LogP contribution in [-0.4, -0.2) is 36.4 Å². The second kappa shape index (κ2) is 13.0. The van der Waals surface area contributed by atoms with Crippen molar-refractivity contribution in [2.45, 2.75) is 29.7 Å². The van der Waals surface area contributed by atoms with Crippen molar-refractivity contribution in [2.24, 2.45) is 0 Å². The van der Waals surface area contributed by atoms with Crippen molar-refractivity contribution >= 4 is 62.9 Å². The van der Waals surface area contributed by atoms with Gasteiger partial charge in [0.1, 0.15) is 23.7 Å². The van der Waals surface area contributed by atoms with E-state index in [2.05, 4.69) is 15.2 Å². The number of rotatable bonds is 9. The summed E-state index contributed by atoms with van der Waals surface area (Å²) < 4.78 is 8.42. The van der Waals surface area contributed by atoms with E-state index in [-0.39, 0.29) is 16.5 Å². The average molecular weight is 680 g/mol. The smallest absolute Gasteiger partial charge is 0.301 e. The number of amides is 1. The third-order valence-corrected chi connectivity index (χ3v) is 10.1. The van der Waals surface area contributed by atoms with Gasteiger partial charge in [-0.05, 0) is 60.0 Å². The second-order valence-corrected chi connectivity index (χ2v) is 13.4. The van der Waals surface area contributed by atoms with E-state index in [1.807, 2.05) is 66.7 Å². The van der Waals surface area contributed by atoms with E-state index in [4.69, 9.17) is 16.3 Å². The van der Waals surface area contributed by atoms with E-state index >= 15 is 0 Å². The average Bonchev–Trinajstić information content (AvgIpc) is 3.77. The Hall–Kier alpha value is -4.97. The number of halogens is 1. The standard InChI is InChI=1S/C35H26ClN5O4S2/c1-21-29(40-17-6-5-12-27(40)37-21)31(42)28-30(24-10-7-11-26(18-24)45-19-22-8-3-2-4-9-22)41(33(44)32(28)43)34-38-39-35(47-34)46-20-23-13-15-25(36)16-14-23/h2-18,30,42H,19-20H2,1H3. The second-order valence-electron chi connectivity index (χ2n) is 10.8. The number of imidazole rings is 1. The van der Waals surface area contributed by atoms with Crippen LogP contribution in [-0.2, 0) is 21.9 Å². The maximum atomic E-state index is 13.9. The first-order valence-electron chi connectivity index (χ1n) is 14.6. The predicted molar refractivity (Wildman–Crippen MR) is 183 cm³/mol. The zero-order valence-electron chi connectivity index (χ0n) is 24.9. The van der Waals surface area contributed by atoms with Gasteiger partial charge in [-0.2, -0.15) is 0 Å². The number of carbonyl (C=O) groups excluding carboxylic acids is 2. The van der Waals surface area contributed by atoms with Crippen LogP contribution in [0.1, 0.15) is 34.1 Å². The summed E-state index contributed by atoms with van der Waals surface area (Å²) in [6.45, 7) is 2.08. The molecule has 1 N–H and O–H groups in total. The molecule has 0 saturated carbocycles. The fraction of sp³-hybridized carbons (Fsp3) is 0.114. The number of thioether (sulfide) groups is 1. The summed E-state index contributed by atoms with van der Waals surface area (Å²) in [5.74, 6) is -0.825. The van der Waals surface area contributed by atoms with Gasteiger partial charge in [0, 0.05) is 17.0 Å². The van der Waals surface area contributed by atoms with E-state index < -0.39 is 17.7 Å². The number of pyridine rings is 1. The van der Waals surface area contributed by atoms with Crippen LogP contribution < -0.4 is 9.64 Å². The monoisotopic (exact) mass is 679 g/mol. The highest BCUT2D eigenvalue weighted by atomic mass is 35.5. The molecule has 1 amide bonds. The fourth-order valence-corrected chi connectivity index (χ4v) is 7.42. The Morgan fingerprint density at radius 3 is 2.55 bits per heavy atom. The SMILES string of the molecule is Cc1nc2ccccn2c1C(O)=C1C(=O)C(=O)N(c2nnc(SCc3ccc(Cl)cc3)s2)C1c1cccc(OCc2ccccc2)c1. The normalized spacial score (nSPS) is 15.9. The van der Waals surface area contributed by atoms with Gasteiger partial charge in [0.2, 0.25) is 5.13 Å². The molecule has 3 aromatic heterocycles. The molecule has 0 bridgehead atoms. The molecule has 0 spiro atoms. The molecule has 1 unspecified atom stereocenters. The quantitative estimate of drug-likeness (QED) is 0.0546. The van der Waals surface area contributed by atoms with Gasteiger partial charge in [-0.1, -0.05) is 95.4 Å². The lowest BCUT2D eigenvalue weighted by Gasteiger charge is -2.23. The zero-order chi connectivity index (χ0) is 32.5. The Balaban J connectivity index is 1.29. The lowest BCUT2D eigenvalue weighted by molar-refractivity contribution is -0.132. The van der Waals surface area contributed by atoms with Crippen LogP contribution in [0.25, 0.3) is 11.4 Å². The third kappa shape index (κ3) is 6.12. The van der Waals surface area contributed by atoms with Crippen LogP contribution in [0.4, 0.5) is 5.13 Å². The van der Waals surface area contributed by atoms with E-state index in [0.29, 0.717) is 50.1 Å². The number of nitrogens with zero attached hydrogens (tertiary/aromatic N) is 5. The molecule has 9 nitrogen and oxygen atoms in total. The number of hydrogen-bond donors (Lipinski definition) is 1. The molecule has 12 heteroatoms. The van der Waals surface area contributed by atoms with Gasteiger partial charge in [0.15, 0.2) is 10.1 Å². The van der Waals surface area contributed by atoms with E-state index in [1.54, 1.807) is 47.9 Å². The number of anilines is 1. The minimum atomic E-state index is -1.01. The Morgan fingerprint density at radius 2 is 1.74 bits per heavy atom. The molecular formula is C35H26ClN5O4S2. The molecule has 3 aromatic carbocycles. The summed E-state index contributed by atoms with van der Waals surface area (Å²) in [5, 5.41) is 21.4. The molecule has 1 aliphatic heterocycles. The Kier molecular flexibility index (Phi) is 8.50. The van der Waals surface area contributed by atoms with Crippen LogP contribution in [0.15, 0.2) is 113 Å². The van der Waals surface area contributed by atoms with Crippen molar-refractivity contribution in [3.8, 4) is 5.75 Å².